The number of hydrogen-bond donors (Lipinski definition) is 1. The zero-order valence-corrected chi connectivity index (χ0v) is 13.4. The van der Waals surface area contributed by atoms with Gasteiger partial charge in [-0.25, -0.2) is 0 Å². The van der Waals surface area contributed by atoms with Crippen LogP contribution in [0.25, 0.3) is 0 Å². The molecule has 0 aliphatic carbocycles. The van der Waals surface area contributed by atoms with E-state index in [1.807, 2.05) is 0 Å². The molecular formula is C15H34N2. The van der Waals surface area contributed by atoms with E-state index in [0.29, 0.717) is 11.5 Å². The second-order valence-electron chi connectivity index (χ2n) is 6.77. The lowest BCUT2D eigenvalue weighted by atomic mass is 9.82. The summed E-state index contributed by atoms with van der Waals surface area (Å²) >= 11 is 0. The standard InChI is InChI=1S/C15H34N2/c1-9-17(10-2)15(6,7)13(16-8)11-12-14(3,4)5/h13,16H,9-12H2,1-8H3. The molecule has 0 saturated carbocycles. The fraction of sp³-hybridized carbons (Fsp3) is 1.00. The monoisotopic (exact) mass is 242 g/mol. The van der Waals surface area contributed by atoms with Crippen molar-refractivity contribution < 1.29 is 0 Å². The van der Waals surface area contributed by atoms with Gasteiger partial charge in [-0.15, -0.1) is 0 Å². The van der Waals surface area contributed by atoms with Crippen LogP contribution < -0.4 is 5.32 Å². The van der Waals surface area contributed by atoms with Crippen LogP contribution in [0.1, 0.15) is 61.3 Å². The molecule has 2 heteroatoms. The van der Waals surface area contributed by atoms with Gasteiger partial charge in [0, 0.05) is 11.6 Å². The number of nitrogens with zero attached hydrogens (tertiary/aromatic N) is 1. The lowest BCUT2D eigenvalue weighted by Crippen LogP contribution is -2.57. The lowest BCUT2D eigenvalue weighted by molar-refractivity contribution is 0.0854. The Morgan fingerprint density at radius 1 is 1.00 bits per heavy atom. The fourth-order valence-corrected chi connectivity index (χ4v) is 2.69. The normalized spacial score (nSPS) is 15.4. The Bertz CT molecular complexity index is 199. The van der Waals surface area contributed by atoms with Crippen LogP contribution in [-0.4, -0.2) is 36.6 Å². The Morgan fingerprint density at radius 3 is 1.76 bits per heavy atom. The van der Waals surface area contributed by atoms with E-state index in [1.54, 1.807) is 0 Å². The molecule has 0 saturated heterocycles. The molecule has 104 valence electrons. The fourth-order valence-electron chi connectivity index (χ4n) is 2.69. The van der Waals surface area contributed by atoms with E-state index >= 15 is 0 Å². The molecule has 0 aromatic rings. The maximum atomic E-state index is 3.52. The summed E-state index contributed by atoms with van der Waals surface area (Å²) in [6.45, 7) is 18.4. The van der Waals surface area contributed by atoms with E-state index in [-0.39, 0.29) is 5.54 Å². The van der Waals surface area contributed by atoms with Gasteiger partial charge in [0.05, 0.1) is 0 Å². The summed E-state index contributed by atoms with van der Waals surface area (Å²) in [6, 6.07) is 0.557. The van der Waals surface area contributed by atoms with Crippen molar-refractivity contribution in [1.29, 1.82) is 0 Å². The molecule has 0 aromatic carbocycles. The smallest absolute Gasteiger partial charge is 0.0305 e. The average molecular weight is 242 g/mol. The quantitative estimate of drug-likeness (QED) is 0.735. The maximum Gasteiger partial charge on any atom is 0.0305 e. The van der Waals surface area contributed by atoms with Crippen LogP contribution >= 0.6 is 0 Å². The highest BCUT2D eigenvalue weighted by atomic mass is 15.2. The van der Waals surface area contributed by atoms with Crippen molar-refractivity contribution in [2.75, 3.05) is 20.1 Å². The number of rotatable bonds is 7. The van der Waals surface area contributed by atoms with Crippen molar-refractivity contribution in [3.05, 3.63) is 0 Å². The SMILES string of the molecule is CCN(CC)C(C)(C)C(CCC(C)(C)C)NC. The zero-order valence-electron chi connectivity index (χ0n) is 13.4. The Balaban J connectivity index is 4.62. The number of hydrogen-bond acceptors (Lipinski definition) is 2. The van der Waals surface area contributed by atoms with Crippen LogP contribution in [0.3, 0.4) is 0 Å². The molecule has 17 heavy (non-hydrogen) atoms. The second-order valence-corrected chi connectivity index (χ2v) is 6.77. The first-order valence-electron chi connectivity index (χ1n) is 7.11. The summed E-state index contributed by atoms with van der Waals surface area (Å²) in [6.07, 6.45) is 2.51. The zero-order chi connectivity index (χ0) is 13.7. The van der Waals surface area contributed by atoms with Gasteiger partial charge < -0.3 is 5.32 Å². The Labute approximate surface area is 109 Å². The molecule has 0 bridgehead atoms. The summed E-state index contributed by atoms with van der Waals surface area (Å²) in [4.78, 5) is 2.55. The predicted octanol–water partition coefficient (Wildman–Crippen LogP) is 3.52. The van der Waals surface area contributed by atoms with Crippen molar-refractivity contribution >= 4 is 0 Å². The van der Waals surface area contributed by atoms with E-state index in [2.05, 4.69) is 65.7 Å². The average Bonchev–Trinajstić information content (AvgIpc) is 2.17. The van der Waals surface area contributed by atoms with Crippen molar-refractivity contribution in [1.82, 2.24) is 10.2 Å². The predicted molar refractivity (Wildman–Crippen MR) is 78.5 cm³/mol. The summed E-state index contributed by atoms with van der Waals surface area (Å²) in [5.74, 6) is 0. The second kappa shape index (κ2) is 6.75. The van der Waals surface area contributed by atoms with E-state index in [4.69, 9.17) is 0 Å². The third kappa shape index (κ3) is 5.39. The van der Waals surface area contributed by atoms with Gasteiger partial charge in [0.25, 0.3) is 0 Å². The number of nitrogens with one attached hydrogen (secondary N) is 1. The minimum absolute atomic E-state index is 0.226. The molecule has 1 atom stereocenters. The van der Waals surface area contributed by atoms with Crippen molar-refractivity contribution in [3.63, 3.8) is 0 Å². The third-order valence-electron chi connectivity index (χ3n) is 3.96. The van der Waals surface area contributed by atoms with Crippen molar-refractivity contribution in [2.45, 2.75) is 72.9 Å². The molecule has 1 N–H and O–H groups in total. The molecule has 0 fully saturated rings. The highest BCUT2D eigenvalue weighted by Gasteiger charge is 2.33. The van der Waals surface area contributed by atoms with Crippen molar-refractivity contribution in [2.24, 2.45) is 5.41 Å². The Kier molecular flexibility index (Phi) is 6.71. The first kappa shape index (κ1) is 16.9. The van der Waals surface area contributed by atoms with Gasteiger partial charge in [0.2, 0.25) is 0 Å². The van der Waals surface area contributed by atoms with Crippen LogP contribution in [0, 0.1) is 5.41 Å². The van der Waals surface area contributed by atoms with E-state index < -0.39 is 0 Å². The first-order valence-corrected chi connectivity index (χ1v) is 7.11. The van der Waals surface area contributed by atoms with Gasteiger partial charge in [-0.1, -0.05) is 34.6 Å². The van der Waals surface area contributed by atoms with Gasteiger partial charge in [-0.3, -0.25) is 4.90 Å². The molecule has 0 amide bonds. The third-order valence-corrected chi connectivity index (χ3v) is 3.96. The minimum Gasteiger partial charge on any atom is -0.315 e. The summed E-state index contributed by atoms with van der Waals surface area (Å²) in [7, 11) is 2.10. The molecule has 2 nitrogen and oxygen atoms in total. The highest BCUT2D eigenvalue weighted by molar-refractivity contribution is 4.92. The molecule has 0 spiro atoms. The van der Waals surface area contributed by atoms with Crippen molar-refractivity contribution in [3.8, 4) is 0 Å². The van der Waals surface area contributed by atoms with Crippen LogP contribution in [0.4, 0.5) is 0 Å². The Morgan fingerprint density at radius 2 is 1.47 bits per heavy atom. The molecule has 0 aliphatic rings. The first-order chi connectivity index (χ1) is 7.69. The summed E-state index contributed by atoms with van der Waals surface area (Å²) < 4.78 is 0. The molecule has 0 rings (SSSR count). The van der Waals surface area contributed by atoms with Crippen LogP contribution in [0.5, 0.6) is 0 Å². The van der Waals surface area contributed by atoms with E-state index in [1.165, 1.54) is 12.8 Å². The maximum absolute atomic E-state index is 3.52. The number of likely N-dealkylation sites (N-methyl/N-ethyl adjacent to an activating group) is 2. The van der Waals surface area contributed by atoms with Gasteiger partial charge in [-0.05, 0) is 52.2 Å². The topological polar surface area (TPSA) is 15.3 Å². The molecule has 0 heterocycles. The summed E-state index contributed by atoms with van der Waals surface area (Å²) in [5.41, 5.74) is 0.651. The van der Waals surface area contributed by atoms with Gasteiger partial charge in [0.1, 0.15) is 0 Å². The van der Waals surface area contributed by atoms with Crippen LogP contribution in [0.15, 0.2) is 0 Å². The van der Waals surface area contributed by atoms with E-state index in [0.717, 1.165) is 13.1 Å². The highest BCUT2D eigenvalue weighted by Crippen LogP contribution is 2.27. The van der Waals surface area contributed by atoms with Gasteiger partial charge >= 0.3 is 0 Å². The molecule has 1 unspecified atom stereocenters. The largest absolute Gasteiger partial charge is 0.315 e. The van der Waals surface area contributed by atoms with Crippen LogP contribution in [0.2, 0.25) is 0 Å². The Hall–Kier alpha value is -0.0800. The summed E-state index contributed by atoms with van der Waals surface area (Å²) in [5, 5.41) is 3.52. The minimum atomic E-state index is 0.226. The molecule has 0 aromatic heterocycles. The molecule has 0 radical (unpaired) electrons. The van der Waals surface area contributed by atoms with Gasteiger partial charge in [-0.2, -0.15) is 0 Å². The van der Waals surface area contributed by atoms with E-state index in [9.17, 15) is 0 Å². The molecular weight excluding hydrogens is 208 g/mol. The molecule has 0 aliphatic heterocycles. The lowest BCUT2D eigenvalue weighted by Gasteiger charge is -2.44. The van der Waals surface area contributed by atoms with Crippen LogP contribution in [-0.2, 0) is 0 Å². The van der Waals surface area contributed by atoms with Gasteiger partial charge in [0.15, 0.2) is 0 Å².